The van der Waals surface area contributed by atoms with Crippen molar-refractivity contribution >= 4 is 0 Å². The van der Waals surface area contributed by atoms with Crippen molar-refractivity contribution in [3.05, 3.63) is 0 Å². The highest BCUT2D eigenvalue weighted by molar-refractivity contribution is 4.94. The Kier molecular flexibility index (Phi) is 8.13. The highest BCUT2D eigenvalue weighted by Gasteiger charge is 2.47. The monoisotopic (exact) mass is 304 g/mol. The van der Waals surface area contributed by atoms with Gasteiger partial charge in [-0.25, -0.2) is 0 Å². The van der Waals surface area contributed by atoms with Crippen molar-refractivity contribution in [2.24, 2.45) is 0 Å². The predicted octanol–water partition coefficient (Wildman–Crippen LogP) is 2.41. The number of ether oxygens (including phenoxy) is 5. The molecule has 1 saturated heterocycles. The van der Waals surface area contributed by atoms with Gasteiger partial charge < -0.3 is 23.7 Å². The maximum atomic E-state index is 6.07. The average Bonchev–Trinajstić information content (AvgIpc) is 2.66. The second-order valence-electron chi connectivity index (χ2n) is 6.17. The number of hydrogen-bond donors (Lipinski definition) is 0. The van der Waals surface area contributed by atoms with E-state index in [0.717, 1.165) is 0 Å². The predicted molar refractivity (Wildman–Crippen MR) is 81.6 cm³/mol. The van der Waals surface area contributed by atoms with Crippen LogP contribution in [0.15, 0.2) is 0 Å². The molecule has 5 atom stereocenters. The molecule has 0 saturated carbocycles. The Labute approximate surface area is 129 Å². The standard InChI is InChI=1S/C16H32O5/c1-10(2)19-13(6)15-16(20-11(3)4)14(12(5)21-15)18-9-8-17-7/h10-16H,8-9H2,1-7H3/t12-,13+,14-,15+,16-/m0/s1. The molecule has 0 aromatic heterocycles. The van der Waals surface area contributed by atoms with Crippen LogP contribution in [-0.2, 0) is 23.7 Å². The van der Waals surface area contributed by atoms with E-state index in [0.29, 0.717) is 13.2 Å². The summed E-state index contributed by atoms with van der Waals surface area (Å²) >= 11 is 0. The molecule has 0 aromatic rings. The lowest BCUT2D eigenvalue weighted by molar-refractivity contribution is -0.130. The molecule has 0 amide bonds. The van der Waals surface area contributed by atoms with Gasteiger partial charge in [0.2, 0.25) is 0 Å². The zero-order valence-electron chi connectivity index (χ0n) is 14.5. The van der Waals surface area contributed by atoms with Crippen molar-refractivity contribution in [3.8, 4) is 0 Å². The van der Waals surface area contributed by atoms with Crippen molar-refractivity contribution in [3.63, 3.8) is 0 Å². The van der Waals surface area contributed by atoms with Gasteiger partial charge in [-0.05, 0) is 41.5 Å². The highest BCUT2D eigenvalue weighted by Crippen LogP contribution is 2.30. The summed E-state index contributed by atoms with van der Waals surface area (Å²) in [5, 5.41) is 0. The van der Waals surface area contributed by atoms with E-state index in [1.165, 1.54) is 0 Å². The van der Waals surface area contributed by atoms with Gasteiger partial charge in [0, 0.05) is 7.11 Å². The molecule has 0 aromatic carbocycles. The van der Waals surface area contributed by atoms with Gasteiger partial charge in [-0.3, -0.25) is 0 Å². The lowest BCUT2D eigenvalue weighted by atomic mass is 10.0. The molecule has 0 bridgehead atoms. The molecule has 1 aliphatic rings. The Bertz CT molecular complexity index is 282. The second kappa shape index (κ2) is 9.06. The summed E-state index contributed by atoms with van der Waals surface area (Å²) in [5.41, 5.74) is 0. The Morgan fingerprint density at radius 3 is 2.14 bits per heavy atom. The Balaban J connectivity index is 2.73. The van der Waals surface area contributed by atoms with E-state index < -0.39 is 0 Å². The van der Waals surface area contributed by atoms with Gasteiger partial charge in [0.25, 0.3) is 0 Å². The van der Waals surface area contributed by atoms with Crippen LogP contribution in [0.25, 0.3) is 0 Å². The summed E-state index contributed by atoms with van der Waals surface area (Å²) in [6.07, 6.45) is -0.104. The van der Waals surface area contributed by atoms with Crippen molar-refractivity contribution in [2.75, 3.05) is 20.3 Å². The molecule has 1 fully saturated rings. The van der Waals surface area contributed by atoms with Gasteiger partial charge in [-0.1, -0.05) is 0 Å². The number of rotatable bonds is 9. The fourth-order valence-corrected chi connectivity index (χ4v) is 2.71. The van der Waals surface area contributed by atoms with Gasteiger partial charge in [0.15, 0.2) is 0 Å². The van der Waals surface area contributed by atoms with Crippen LogP contribution in [0.2, 0.25) is 0 Å². The van der Waals surface area contributed by atoms with Crippen LogP contribution in [0, 0.1) is 0 Å². The van der Waals surface area contributed by atoms with Crippen LogP contribution in [0.5, 0.6) is 0 Å². The molecular weight excluding hydrogens is 272 g/mol. The molecule has 1 aliphatic heterocycles. The molecule has 0 N–H and O–H groups in total. The number of hydrogen-bond acceptors (Lipinski definition) is 5. The quantitative estimate of drug-likeness (QED) is 0.612. The fourth-order valence-electron chi connectivity index (χ4n) is 2.71. The van der Waals surface area contributed by atoms with E-state index >= 15 is 0 Å². The average molecular weight is 304 g/mol. The van der Waals surface area contributed by atoms with Crippen LogP contribution in [-0.4, -0.2) is 63.1 Å². The minimum Gasteiger partial charge on any atom is -0.382 e. The first-order chi connectivity index (χ1) is 9.86. The van der Waals surface area contributed by atoms with Crippen molar-refractivity contribution in [1.29, 1.82) is 0 Å². The molecule has 1 heterocycles. The maximum absolute atomic E-state index is 6.07. The van der Waals surface area contributed by atoms with Crippen molar-refractivity contribution in [1.82, 2.24) is 0 Å². The zero-order valence-corrected chi connectivity index (χ0v) is 14.5. The lowest BCUT2D eigenvalue weighted by Gasteiger charge is -2.29. The molecule has 5 nitrogen and oxygen atoms in total. The normalized spacial score (nSPS) is 31.3. The molecule has 21 heavy (non-hydrogen) atoms. The van der Waals surface area contributed by atoms with Gasteiger partial charge in [-0.15, -0.1) is 0 Å². The third-order valence-corrected chi connectivity index (χ3v) is 3.46. The summed E-state index contributed by atoms with van der Waals surface area (Å²) < 4.78 is 29.0. The van der Waals surface area contributed by atoms with E-state index in [1.54, 1.807) is 7.11 Å². The second-order valence-corrected chi connectivity index (χ2v) is 6.17. The first kappa shape index (κ1) is 18.8. The van der Waals surface area contributed by atoms with E-state index in [9.17, 15) is 0 Å². The third kappa shape index (κ3) is 5.83. The van der Waals surface area contributed by atoms with Crippen LogP contribution < -0.4 is 0 Å². The fraction of sp³-hybridized carbons (Fsp3) is 1.00. The van der Waals surface area contributed by atoms with Crippen LogP contribution in [0.1, 0.15) is 41.5 Å². The molecule has 0 spiro atoms. The molecule has 5 heteroatoms. The van der Waals surface area contributed by atoms with E-state index in [-0.39, 0.29) is 42.7 Å². The molecule has 0 unspecified atom stereocenters. The maximum Gasteiger partial charge on any atom is 0.115 e. The van der Waals surface area contributed by atoms with Crippen LogP contribution in [0.3, 0.4) is 0 Å². The first-order valence-electron chi connectivity index (χ1n) is 7.93. The largest absolute Gasteiger partial charge is 0.382 e. The van der Waals surface area contributed by atoms with Crippen molar-refractivity contribution in [2.45, 2.75) is 84.3 Å². The topological polar surface area (TPSA) is 46.2 Å². The summed E-state index contributed by atoms with van der Waals surface area (Å²) in [5.74, 6) is 0. The third-order valence-electron chi connectivity index (χ3n) is 3.46. The Morgan fingerprint density at radius 2 is 1.62 bits per heavy atom. The Hall–Kier alpha value is -0.200. The van der Waals surface area contributed by atoms with Gasteiger partial charge in [0.1, 0.15) is 18.3 Å². The van der Waals surface area contributed by atoms with E-state index in [1.807, 2.05) is 41.5 Å². The summed E-state index contributed by atoms with van der Waals surface area (Å²) in [7, 11) is 1.67. The lowest BCUT2D eigenvalue weighted by Crippen LogP contribution is -2.44. The van der Waals surface area contributed by atoms with E-state index in [2.05, 4.69) is 0 Å². The summed E-state index contributed by atoms with van der Waals surface area (Å²) in [6.45, 7) is 13.3. The SMILES string of the molecule is COCCO[C@@H]1[C@H](OC(C)C)[C@@H]([C@@H](C)OC(C)C)O[C@H]1C. The Morgan fingerprint density at radius 1 is 0.952 bits per heavy atom. The zero-order chi connectivity index (χ0) is 16.0. The smallest absolute Gasteiger partial charge is 0.115 e. The molecule has 0 radical (unpaired) electrons. The molecule has 126 valence electrons. The van der Waals surface area contributed by atoms with Gasteiger partial charge in [-0.2, -0.15) is 0 Å². The molecular formula is C16H32O5. The highest BCUT2D eigenvalue weighted by atomic mass is 16.6. The van der Waals surface area contributed by atoms with Gasteiger partial charge in [0.05, 0.1) is 37.6 Å². The first-order valence-corrected chi connectivity index (χ1v) is 7.93. The molecule has 1 rings (SSSR count). The number of methoxy groups -OCH3 is 1. The summed E-state index contributed by atoms with van der Waals surface area (Å²) in [6, 6.07) is 0. The minimum absolute atomic E-state index is 0.0196. The van der Waals surface area contributed by atoms with E-state index in [4.69, 9.17) is 23.7 Å². The van der Waals surface area contributed by atoms with Crippen LogP contribution in [0.4, 0.5) is 0 Å². The van der Waals surface area contributed by atoms with Crippen molar-refractivity contribution < 1.29 is 23.7 Å². The summed E-state index contributed by atoms with van der Waals surface area (Å²) in [4.78, 5) is 0. The molecule has 0 aliphatic carbocycles. The van der Waals surface area contributed by atoms with Gasteiger partial charge >= 0.3 is 0 Å². The van der Waals surface area contributed by atoms with Crippen LogP contribution >= 0.6 is 0 Å². The minimum atomic E-state index is -0.120.